The summed E-state index contributed by atoms with van der Waals surface area (Å²) in [5.74, 6) is 0.731. The van der Waals surface area contributed by atoms with E-state index >= 15 is 0 Å². The Labute approximate surface area is 283 Å². The highest BCUT2D eigenvalue weighted by atomic mass is 15.0. The van der Waals surface area contributed by atoms with Crippen LogP contribution >= 0.6 is 0 Å². The van der Waals surface area contributed by atoms with E-state index in [-0.39, 0.29) is 0 Å². The minimum Gasteiger partial charge on any atom is -0.309 e. The summed E-state index contributed by atoms with van der Waals surface area (Å²) in [5, 5.41) is 8.22. The maximum absolute atomic E-state index is 5.20. The number of aromatic nitrogens is 3. The van der Waals surface area contributed by atoms with Crippen molar-refractivity contribution in [1.82, 2.24) is 14.5 Å². The van der Waals surface area contributed by atoms with Crippen LogP contribution in [0.15, 0.2) is 176 Å². The number of fused-ring (bicyclic) bond motifs is 7. The lowest BCUT2D eigenvalue weighted by molar-refractivity contribution is 1.18. The average Bonchev–Trinajstić information content (AvgIpc) is 3.51. The van der Waals surface area contributed by atoms with Crippen molar-refractivity contribution in [2.75, 3.05) is 0 Å². The predicted molar refractivity (Wildman–Crippen MR) is 205 cm³/mol. The van der Waals surface area contributed by atoms with Crippen molar-refractivity contribution < 1.29 is 0 Å². The van der Waals surface area contributed by atoms with Gasteiger partial charge in [-0.1, -0.05) is 127 Å². The third kappa shape index (κ3) is 4.51. The zero-order valence-electron chi connectivity index (χ0n) is 26.6. The third-order valence-corrected chi connectivity index (χ3v) is 9.76. The quantitative estimate of drug-likeness (QED) is 0.183. The molecule has 0 amide bonds. The summed E-state index contributed by atoms with van der Waals surface area (Å²) in [7, 11) is 0. The molecule has 3 heteroatoms. The van der Waals surface area contributed by atoms with E-state index in [0.29, 0.717) is 0 Å². The molecule has 0 aliphatic rings. The van der Waals surface area contributed by atoms with E-state index in [4.69, 9.17) is 9.97 Å². The van der Waals surface area contributed by atoms with Gasteiger partial charge in [-0.3, -0.25) is 0 Å². The van der Waals surface area contributed by atoms with Gasteiger partial charge in [0.25, 0.3) is 0 Å². The van der Waals surface area contributed by atoms with Crippen LogP contribution in [0.1, 0.15) is 0 Å². The first-order valence-corrected chi connectivity index (χ1v) is 16.7. The van der Waals surface area contributed by atoms with E-state index in [1.54, 1.807) is 0 Å². The molecule has 2 heterocycles. The number of nitrogens with zero attached hydrogens (tertiary/aromatic N) is 3. The molecule has 2 aromatic heterocycles. The molecule has 0 aliphatic carbocycles. The zero-order valence-corrected chi connectivity index (χ0v) is 26.6. The van der Waals surface area contributed by atoms with Gasteiger partial charge in [0.05, 0.1) is 22.2 Å². The van der Waals surface area contributed by atoms with Crippen molar-refractivity contribution in [3.05, 3.63) is 176 Å². The van der Waals surface area contributed by atoms with Gasteiger partial charge in [-0.2, -0.15) is 0 Å². The minimum atomic E-state index is 0.731. The molecule has 0 spiro atoms. The van der Waals surface area contributed by atoms with Crippen LogP contribution in [0.4, 0.5) is 0 Å². The summed E-state index contributed by atoms with van der Waals surface area (Å²) < 4.78 is 2.36. The molecule has 8 aromatic carbocycles. The topological polar surface area (TPSA) is 30.7 Å². The van der Waals surface area contributed by atoms with Crippen LogP contribution in [0, 0.1) is 0 Å². The van der Waals surface area contributed by atoms with Gasteiger partial charge in [0.15, 0.2) is 5.82 Å². The van der Waals surface area contributed by atoms with Crippen molar-refractivity contribution in [3.8, 4) is 39.5 Å². The second-order valence-electron chi connectivity index (χ2n) is 12.6. The SMILES string of the molecule is c1ccc(-c2nc(-c3ccc4cc(-c5ccc6c(c5)c5ccccc5n6-c5ccccc5)ccc4c3)nc3c2ccc2ccccc23)cc1. The Morgan fingerprint density at radius 3 is 1.80 bits per heavy atom. The van der Waals surface area contributed by atoms with Crippen molar-refractivity contribution in [2.24, 2.45) is 0 Å². The monoisotopic (exact) mass is 623 g/mol. The molecule has 0 unspecified atom stereocenters. The van der Waals surface area contributed by atoms with E-state index in [0.717, 1.165) is 44.3 Å². The van der Waals surface area contributed by atoms with Crippen LogP contribution < -0.4 is 0 Å². The van der Waals surface area contributed by atoms with Crippen molar-refractivity contribution in [3.63, 3.8) is 0 Å². The molecule has 0 radical (unpaired) electrons. The Morgan fingerprint density at radius 2 is 0.959 bits per heavy atom. The van der Waals surface area contributed by atoms with Gasteiger partial charge in [-0.25, -0.2) is 9.97 Å². The smallest absolute Gasteiger partial charge is 0.160 e. The number of rotatable bonds is 4. The van der Waals surface area contributed by atoms with E-state index in [2.05, 4.69) is 174 Å². The molecule has 3 nitrogen and oxygen atoms in total. The number of hydrogen-bond acceptors (Lipinski definition) is 2. The van der Waals surface area contributed by atoms with Gasteiger partial charge in [-0.15, -0.1) is 0 Å². The normalized spacial score (nSPS) is 11.7. The number of hydrogen-bond donors (Lipinski definition) is 0. The predicted octanol–water partition coefficient (Wildman–Crippen LogP) is 12.0. The fraction of sp³-hybridized carbons (Fsp3) is 0. The van der Waals surface area contributed by atoms with Gasteiger partial charge in [0, 0.05) is 38.4 Å². The molecule has 0 saturated heterocycles. The Bertz CT molecular complexity index is 2870. The average molecular weight is 624 g/mol. The molecule has 0 saturated carbocycles. The van der Waals surface area contributed by atoms with Gasteiger partial charge in [-0.05, 0) is 75.8 Å². The van der Waals surface area contributed by atoms with Crippen LogP contribution in [-0.2, 0) is 0 Å². The molecule has 10 rings (SSSR count). The highest BCUT2D eigenvalue weighted by molar-refractivity contribution is 6.11. The van der Waals surface area contributed by atoms with Crippen molar-refractivity contribution in [2.45, 2.75) is 0 Å². The lowest BCUT2D eigenvalue weighted by atomic mass is 9.98. The lowest BCUT2D eigenvalue weighted by Crippen LogP contribution is -1.96. The van der Waals surface area contributed by atoms with Crippen LogP contribution in [-0.4, -0.2) is 14.5 Å². The fourth-order valence-electron chi connectivity index (χ4n) is 7.38. The summed E-state index contributed by atoms with van der Waals surface area (Å²) in [5.41, 5.74) is 9.99. The molecular formula is C46H29N3. The molecule has 10 aromatic rings. The molecule has 0 fully saturated rings. The van der Waals surface area contributed by atoms with Gasteiger partial charge < -0.3 is 4.57 Å². The van der Waals surface area contributed by atoms with Crippen LogP contribution in [0.3, 0.4) is 0 Å². The van der Waals surface area contributed by atoms with Gasteiger partial charge >= 0.3 is 0 Å². The second-order valence-corrected chi connectivity index (χ2v) is 12.6. The Balaban J connectivity index is 1.09. The highest BCUT2D eigenvalue weighted by Crippen LogP contribution is 2.37. The van der Waals surface area contributed by atoms with Crippen LogP contribution in [0.25, 0.3) is 93.7 Å². The molecule has 0 N–H and O–H groups in total. The zero-order chi connectivity index (χ0) is 32.3. The first kappa shape index (κ1) is 27.5. The third-order valence-electron chi connectivity index (χ3n) is 9.76. The lowest BCUT2D eigenvalue weighted by Gasteiger charge is -2.12. The number of para-hydroxylation sites is 2. The summed E-state index contributed by atoms with van der Waals surface area (Å²) in [6, 6.07) is 62.7. The Morgan fingerprint density at radius 1 is 0.347 bits per heavy atom. The fourth-order valence-corrected chi connectivity index (χ4v) is 7.38. The first-order chi connectivity index (χ1) is 24.3. The largest absolute Gasteiger partial charge is 0.309 e. The summed E-state index contributed by atoms with van der Waals surface area (Å²) in [4.78, 5) is 10.4. The Hall–Kier alpha value is -6.58. The van der Waals surface area contributed by atoms with E-state index in [9.17, 15) is 0 Å². The summed E-state index contributed by atoms with van der Waals surface area (Å²) >= 11 is 0. The number of benzene rings is 8. The molecule has 0 bridgehead atoms. The maximum Gasteiger partial charge on any atom is 0.160 e. The summed E-state index contributed by atoms with van der Waals surface area (Å²) in [6.45, 7) is 0. The van der Waals surface area contributed by atoms with Crippen molar-refractivity contribution in [1.29, 1.82) is 0 Å². The van der Waals surface area contributed by atoms with Crippen molar-refractivity contribution >= 4 is 54.3 Å². The second kappa shape index (κ2) is 11.0. The molecule has 0 atom stereocenters. The van der Waals surface area contributed by atoms with E-state index in [1.165, 1.54) is 49.4 Å². The van der Waals surface area contributed by atoms with E-state index in [1.807, 2.05) is 6.07 Å². The standard InChI is InChI=1S/C46H29N3/c1-3-12-31(13-4-1)44-40-25-23-30-11-7-8-16-38(30)45(40)48-46(47-44)36-22-21-32-27-33(19-20-34(32)28-36)35-24-26-43-41(29-35)39-17-9-10-18-42(39)49(43)37-14-5-2-6-15-37/h1-29H. The molecular weight excluding hydrogens is 595 g/mol. The molecule has 0 aliphatic heterocycles. The van der Waals surface area contributed by atoms with Gasteiger partial charge in [0.1, 0.15) is 0 Å². The Kier molecular flexibility index (Phi) is 6.18. The highest BCUT2D eigenvalue weighted by Gasteiger charge is 2.16. The maximum atomic E-state index is 5.20. The first-order valence-electron chi connectivity index (χ1n) is 16.7. The van der Waals surface area contributed by atoms with Crippen LogP contribution in [0.2, 0.25) is 0 Å². The molecule has 228 valence electrons. The van der Waals surface area contributed by atoms with Gasteiger partial charge in [0.2, 0.25) is 0 Å². The minimum absolute atomic E-state index is 0.731. The molecule has 49 heavy (non-hydrogen) atoms. The summed E-state index contributed by atoms with van der Waals surface area (Å²) in [6.07, 6.45) is 0. The van der Waals surface area contributed by atoms with Crippen LogP contribution in [0.5, 0.6) is 0 Å². The van der Waals surface area contributed by atoms with E-state index < -0.39 is 0 Å².